The van der Waals surface area contributed by atoms with Crippen molar-refractivity contribution in [2.45, 2.75) is 57.8 Å². The summed E-state index contributed by atoms with van der Waals surface area (Å²) in [6, 6.07) is 7.31. The number of halogens is 6. The molecule has 0 fully saturated rings. The van der Waals surface area contributed by atoms with Crippen molar-refractivity contribution in [1.82, 2.24) is 0 Å². The smallest absolute Gasteiger partial charge is 0.347 e. The minimum Gasteiger partial charge on any atom is -0.347 e. The Labute approximate surface area is 190 Å². The van der Waals surface area contributed by atoms with Crippen LogP contribution in [0.15, 0.2) is 60.3 Å². The summed E-state index contributed by atoms with van der Waals surface area (Å²) >= 11 is 0. The molecule has 0 spiro atoms. The molecule has 0 unspecified atom stereocenters. The van der Waals surface area contributed by atoms with Gasteiger partial charge in [-0.15, -0.1) is 0 Å². The lowest BCUT2D eigenvalue weighted by Gasteiger charge is -2.32. The molecular formula is C26H27F6N. The first-order valence-electron chi connectivity index (χ1n) is 10.4. The van der Waals surface area contributed by atoms with E-state index in [4.69, 9.17) is 0 Å². The monoisotopic (exact) mass is 467 g/mol. The maximum atomic E-state index is 13.3. The Hall–Kier alpha value is -2.70. The van der Waals surface area contributed by atoms with Crippen molar-refractivity contribution in [3.05, 3.63) is 88.1 Å². The molecule has 33 heavy (non-hydrogen) atoms. The quantitative estimate of drug-likeness (QED) is 0.412. The van der Waals surface area contributed by atoms with Gasteiger partial charge < -0.3 is 4.90 Å². The molecule has 178 valence electrons. The molecule has 0 bridgehead atoms. The lowest BCUT2D eigenvalue weighted by Crippen LogP contribution is -2.26. The highest BCUT2D eigenvalue weighted by molar-refractivity contribution is 5.71. The van der Waals surface area contributed by atoms with E-state index in [9.17, 15) is 26.3 Å². The number of hydrogen-bond acceptors (Lipinski definition) is 1. The van der Waals surface area contributed by atoms with E-state index in [1.54, 1.807) is 33.9 Å². The fourth-order valence-electron chi connectivity index (χ4n) is 4.46. The van der Waals surface area contributed by atoms with E-state index in [1.165, 1.54) is 12.1 Å². The first-order valence-corrected chi connectivity index (χ1v) is 10.4. The van der Waals surface area contributed by atoms with Crippen LogP contribution in [0.25, 0.3) is 0 Å². The second kappa shape index (κ2) is 7.67. The van der Waals surface area contributed by atoms with Crippen molar-refractivity contribution in [3.8, 4) is 0 Å². The molecule has 0 aliphatic carbocycles. The molecule has 2 aromatic rings. The minimum absolute atomic E-state index is 0.495. The number of alkyl halides is 6. The molecule has 0 amide bonds. The van der Waals surface area contributed by atoms with Crippen LogP contribution >= 0.6 is 0 Å². The van der Waals surface area contributed by atoms with Crippen LogP contribution < -0.4 is 4.90 Å². The highest BCUT2D eigenvalue weighted by atomic mass is 19.4. The molecule has 0 saturated heterocycles. The molecular weight excluding hydrogens is 440 g/mol. The predicted molar refractivity (Wildman–Crippen MR) is 119 cm³/mol. The number of likely N-dealkylation sites (N-methyl/N-ethyl adjacent to an activating group) is 1. The second-order valence-corrected chi connectivity index (χ2v) is 9.62. The molecule has 1 aliphatic heterocycles. The summed E-state index contributed by atoms with van der Waals surface area (Å²) < 4.78 is 79.8. The van der Waals surface area contributed by atoms with Gasteiger partial charge in [-0.05, 0) is 65.6 Å². The van der Waals surface area contributed by atoms with Gasteiger partial charge in [0.05, 0.1) is 11.1 Å². The van der Waals surface area contributed by atoms with Crippen molar-refractivity contribution >= 4 is 5.69 Å². The number of allylic oxidation sites excluding steroid dienone is 3. The maximum absolute atomic E-state index is 13.3. The van der Waals surface area contributed by atoms with E-state index < -0.39 is 34.3 Å². The Morgan fingerprint density at radius 1 is 0.909 bits per heavy atom. The predicted octanol–water partition coefficient (Wildman–Crippen LogP) is 8.18. The van der Waals surface area contributed by atoms with Crippen LogP contribution in [0.1, 0.15) is 55.5 Å². The third kappa shape index (κ3) is 4.30. The van der Waals surface area contributed by atoms with Crippen LogP contribution in [0.5, 0.6) is 0 Å². The van der Waals surface area contributed by atoms with E-state index in [0.29, 0.717) is 28.0 Å². The first-order chi connectivity index (χ1) is 14.9. The minimum atomic E-state index is -4.47. The second-order valence-electron chi connectivity index (χ2n) is 9.62. The van der Waals surface area contributed by atoms with Crippen molar-refractivity contribution in [2.24, 2.45) is 0 Å². The van der Waals surface area contributed by atoms with Gasteiger partial charge in [-0.2, -0.15) is 26.3 Å². The lowest BCUT2D eigenvalue weighted by atomic mass is 9.74. The van der Waals surface area contributed by atoms with Crippen LogP contribution in [-0.2, 0) is 23.2 Å². The van der Waals surface area contributed by atoms with Gasteiger partial charge in [0.1, 0.15) is 0 Å². The van der Waals surface area contributed by atoms with Crippen LogP contribution in [0.2, 0.25) is 0 Å². The molecule has 0 saturated carbocycles. The first kappa shape index (κ1) is 24.9. The zero-order chi connectivity index (χ0) is 25.1. The molecule has 0 radical (unpaired) electrons. The van der Waals surface area contributed by atoms with Gasteiger partial charge in [0.25, 0.3) is 0 Å². The lowest BCUT2D eigenvalue weighted by molar-refractivity contribution is -0.138. The van der Waals surface area contributed by atoms with Crippen LogP contribution in [-0.4, -0.2) is 7.05 Å². The topological polar surface area (TPSA) is 3.24 Å². The highest BCUT2D eigenvalue weighted by Crippen LogP contribution is 2.50. The molecule has 7 heteroatoms. The summed E-state index contributed by atoms with van der Waals surface area (Å²) in [7, 11) is 1.77. The van der Waals surface area contributed by atoms with Crippen molar-refractivity contribution in [3.63, 3.8) is 0 Å². The Kier molecular flexibility index (Phi) is 5.80. The van der Waals surface area contributed by atoms with Gasteiger partial charge >= 0.3 is 12.4 Å². The summed E-state index contributed by atoms with van der Waals surface area (Å²) in [4.78, 5) is 1.82. The van der Waals surface area contributed by atoms with Gasteiger partial charge in [-0.25, -0.2) is 0 Å². The van der Waals surface area contributed by atoms with Crippen molar-refractivity contribution in [1.29, 1.82) is 0 Å². The summed E-state index contributed by atoms with van der Waals surface area (Å²) in [5.41, 5.74) is 0.605. The third-order valence-electron chi connectivity index (χ3n) is 6.71. The van der Waals surface area contributed by atoms with Gasteiger partial charge in [-0.3, -0.25) is 0 Å². The number of hydrogen-bond donors (Lipinski definition) is 0. The van der Waals surface area contributed by atoms with Gasteiger partial charge in [0, 0.05) is 29.3 Å². The Balaban J connectivity index is 2.07. The summed E-state index contributed by atoms with van der Waals surface area (Å²) in [5.74, 6) is 0. The Bertz CT molecular complexity index is 1130. The third-order valence-corrected chi connectivity index (χ3v) is 6.71. The van der Waals surface area contributed by atoms with Crippen LogP contribution in [0.3, 0.4) is 0 Å². The van der Waals surface area contributed by atoms with Crippen LogP contribution in [0.4, 0.5) is 32.0 Å². The van der Waals surface area contributed by atoms with Gasteiger partial charge in [-0.1, -0.05) is 40.3 Å². The molecule has 1 aliphatic rings. The summed E-state index contributed by atoms with van der Waals surface area (Å²) in [5, 5.41) is 0. The Morgan fingerprint density at radius 3 is 1.97 bits per heavy atom. The maximum Gasteiger partial charge on any atom is 0.416 e. The zero-order valence-corrected chi connectivity index (χ0v) is 19.5. The van der Waals surface area contributed by atoms with Crippen molar-refractivity contribution < 1.29 is 26.3 Å². The molecule has 0 aromatic heterocycles. The fourth-order valence-corrected chi connectivity index (χ4v) is 4.46. The molecule has 1 nitrogen and oxygen atoms in total. The average molecular weight is 467 g/mol. The molecule has 0 N–H and O–H groups in total. The number of benzene rings is 2. The van der Waals surface area contributed by atoms with Crippen molar-refractivity contribution in [2.75, 3.05) is 11.9 Å². The van der Waals surface area contributed by atoms with E-state index in [1.807, 2.05) is 18.7 Å². The normalized spacial score (nSPS) is 17.5. The van der Waals surface area contributed by atoms with Gasteiger partial charge in [0.15, 0.2) is 0 Å². The fraction of sp³-hybridized carbons (Fsp3) is 0.385. The SMILES string of the molecule is C=C(/C=C1/N(C)c2ccc(C(F)(F)F)cc2C1(C)C)C(C)(C)c1cc(C(F)(F)F)ccc1C. The molecule has 1 heterocycles. The zero-order valence-electron chi connectivity index (χ0n) is 19.5. The molecule has 3 rings (SSSR count). The number of fused-ring (bicyclic) bond motifs is 1. The van der Waals surface area contributed by atoms with Gasteiger partial charge in [0.2, 0.25) is 0 Å². The number of nitrogens with zero attached hydrogens (tertiary/aromatic N) is 1. The molecule has 0 atom stereocenters. The van der Waals surface area contributed by atoms with Crippen LogP contribution in [0, 0.1) is 6.92 Å². The standard InChI is InChI=1S/C26H27F6N/c1-15-8-9-17(25(27,28)29)13-19(15)23(3,4)16(2)12-22-24(5,6)20-14-18(26(30,31)32)10-11-21(20)33(22)7/h8-14H,2H2,1,3-7H3/b22-12+. The van der Waals surface area contributed by atoms with E-state index in [2.05, 4.69) is 6.58 Å². The van der Waals surface area contributed by atoms with E-state index in [-0.39, 0.29) is 0 Å². The Morgan fingerprint density at radius 2 is 1.42 bits per heavy atom. The number of anilines is 1. The largest absolute Gasteiger partial charge is 0.416 e. The number of rotatable bonds is 3. The summed E-state index contributed by atoms with van der Waals surface area (Å²) in [6.07, 6.45) is -7.14. The van der Waals surface area contributed by atoms with E-state index >= 15 is 0 Å². The van der Waals surface area contributed by atoms with E-state index in [0.717, 1.165) is 30.0 Å². The molecule has 2 aromatic carbocycles. The summed E-state index contributed by atoms with van der Waals surface area (Å²) in [6.45, 7) is 13.2. The highest BCUT2D eigenvalue weighted by Gasteiger charge is 2.42. The average Bonchev–Trinajstić information content (AvgIpc) is 2.86. The number of aryl methyl sites for hydroxylation is 1.